The Morgan fingerprint density at radius 1 is 1.47 bits per heavy atom. The summed E-state index contributed by atoms with van der Waals surface area (Å²) >= 11 is 0. The van der Waals surface area contributed by atoms with E-state index in [1.165, 1.54) is 7.05 Å². The van der Waals surface area contributed by atoms with Gasteiger partial charge < -0.3 is 5.11 Å². The van der Waals surface area contributed by atoms with Gasteiger partial charge in [0.15, 0.2) is 0 Å². The van der Waals surface area contributed by atoms with Gasteiger partial charge in [-0.15, -0.1) is 0 Å². The highest BCUT2D eigenvalue weighted by Crippen LogP contribution is 2.05. The zero-order valence-electron chi connectivity index (χ0n) is 9.39. The Morgan fingerprint density at radius 2 is 1.93 bits per heavy atom. The Labute approximate surface area is 90.5 Å². The molecule has 1 atom stereocenters. The summed E-state index contributed by atoms with van der Waals surface area (Å²) < 4.78 is 26.3. The predicted octanol–water partition coefficient (Wildman–Crippen LogP) is -0.118. The van der Waals surface area contributed by atoms with Crippen molar-refractivity contribution in [1.29, 1.82) is 0 Å². The molecular formula is C8H18N2O4S. The molecule has 0 unspecified atom stereocenters. The molecule has 0 saturated heterocycles. The van der Waals surface area contributed by atoms with Gasteiger partial charge >= 0.3 is 5.97 Å². The minimum Gasteiger partial charge on any atom is -0.480 e. The molecule has 0 aromatic rings. The van der Waals surface area contributed by atoms with Crippen LogP contribution in [0, 0.1) is 5.92 Å². The van der Waals surface area contributed by atoms with Gasteiger partial charge in [0.1, 0.15) is 6.04 Å². The van der Waals surface area contributed by atoms with Crippen molar-refractivity contribution in [3.05, 3.63) is 0 Å². The summed E-state index contributed by atoms with van der Waals surface area (Å²) in [6.45, 7) is 5.25. The summed E-state index contributed by atoms with van der Waals surface area (Å²) in [7, 11) is -2.31. The molecule has 0 bridgehead atoms. The predicted molar refractivity (Wildman–Crippen MR) is 56.6 cm³/mol. The van der Waals surface area contributed by atoms with E-state index in [-0.39, 0.29) is 5.92 Å². The summed E-state index contributed by atoms with van der Waals surface area (Å²) in [5, 5.41) is 8.82. The van der Waals surface area contributed by atoms with Gasteiger partial charge in [-0.25, -0.2) is 0 Å². The molecule has 0 heterocycles. The van der Waals surface area contributed by atoms with Crippen LogP contribution in [0.2, 0.25) is 0 Å². The smallest absolute Gasteiger partial charge is 0.322 e. The zero-order valence-corrected chi connectivity index (χ0v) is 10.2. The topological polar surface area (TPSA) is 86.7 Å². The van der Waals surface area contributed by atoms with E-state index in [9.17, 15) is 13.2 Å². The molecule has 6 nitrogen and oxygen atoms in total. The number of nitrogens with zero attached hydrogens (tertiary/aromatic N) is 1. The van der Waals surface area contributed by atoms with Crippen LogP contribution in [-0.2, 0) is 15.0 Å². The fraction of sp³-hybridized carbons (Fsp3) is 0.875. The summed E-state index contributed by atoms with van der Waals surface area (Å²) in [4.78, 5) is 10.8. The third kappa shape index (κ3) is 4.15. The van der Waals surface area contributed by atoms with E-state index in [0.717, 1.165) is 4.31 Å². The molecule has 0 rings (SSSR count). The second-order valence-electron chi connectivity index (χ2n) is 3.60. The second-order valence-corrected chi connectivity index (χ2v) is 5.41. The molecule has 2 N–H and O–H groups in total. The maximum Gasteiger partial charge on any atom is 0.322 e. The molecule has 90 valence electrons. The number of carbonyl (C=O) groups is 1. The molecule has 0 fully saturated rings. The van der Waals surface area contributed by atoms with Crippen molar-refractivity contribution >= 4 is 16.2 Å². The molecule has 0 amide bonds. The van der Waals surface area contributed by atoms with Crippen molar-refractivity contribution in [3.63, 3.8) is 0 Å². The molecule has 0 aromatic heterocycles. The van der Waals surface area contributed by atoms with Crippen molar-refractivity contribution in [2.45, 2.75) is 26.8 Å². The van der Waals surface area contributed by atoms with Crippen LogP contribution in [0.25, 0.3) is 0 Å². The lowest BCUT2D eigenvalue weighted by atomic mass is 10.1. The van der Waals surface area contributed by atoms with Crippen molar-refractivity contribution in [2.75, 3.05) is 13.6 Å². The number of carboxylic acid groups (broad SMARTS) is 1. The molecule has 0 radical (unpaired) electrons. The van der Waals surface area contributed by atoms with Gasteiger partial charge in [-0.3, -0.25) is 4.79 Å². The van der Waals surface area contributed by atoms with Gasteiger partial charge in [0.05, 0.1) is 0 Å². The Kier molecular flexibility index (Phi) is 5.19. The average Bonchev–Trinajstić information content (AvgIpc) is 2.11. The highest BCUT2D eigenvalue weighted by Gasteiger charge is 2.28. The number of hydrogen-bond acceptors (Lipinski definition) is 3. The standard InChI is InChI=1S/C8H18N2O4S/c1-5-10(4)15(13,14)9-7(6(2)3)8(11)12/h6-7,9H,5H2,1-4H3,(H,11,12)/t7-/m0/s1. The van der Waals surface area contributed by atoms with Gasteiger partial charge in [-0.05, 0) is 5.92 Å². The summed E-state index contributed by atoms with van der Waals surface area (Å²) in [6.07, 6.45) is 0. The lowest BCUT2D eigenvalue weighted by Crippen LogP contribution is -2.49. The average molecular weight is 238 g/mol. The fourth-order valence-corrected chi connectivity index (χ4v) is 2.11. The number of hydrogen-bond donors (Lipinski definition) is 2. The Hall–Kier alpha value is -0.660. The molecule has 0 aliphatic carbocycles. The van der Waals surface area contributed by atoms with Crippen LogP contribution >= 0.6 is 0 Å². The van der Waals surface area contributed by atoms with Gasteiger partial charge in [0.25, 0.3) is 10.2 Å². The number of nitrogens with one attached hydrogen (secondary N) is 1. The lowest BCUT2D eigenvalue weighted by Gasteiger charge is -2.21. The minimum atomic E-state index is -3.70. The SMILES string of the molecule is CCN(C)S(=O)(=O)N[C@H](C(=O)O)C(C)C. The quantitative estimate of drug-likeness (QED) is 0.675. The molecular weight excluding hydrogens is 220 g/mol. The van der Waals surface area contributed by atoms with E-state index in [1.807, 2.05) is 0 Å². The Balaban J connectivity index is 4.76. The van der Waals surface area contributed by atoms with Crippen LogP contribution in [-0.4, -0.2) is 43.4 Å². The van der Waals surface area contributed by atoms with Crippen LogP contribution < -0.4 is 4.72 Å². The maximum absolute atomic E-state index is 11.5. The first-order valence-corrected chi connectivity index (χ1v) is 6.12. The van der Waals surface area contributed by atoms with Gasteiger partial charge in [0.2, 0.25) is 0 Å². The van der Waals surface area contributed by atoms with E-state index in [4.69, 9.17) is 5.11 Å². The van der Waals surface area contributed by atoms with E-state index in [2.05, 4.69) is 4.72 Å². The zero-order chi connectivity index (χ0) is 12.2. The van der Waals surface area contributed by atoms with Crippen LogP contribution in [0.1, 0.15) is 20.8 Å². The second kappa shape index (κ2) is 5.43. The number of carboxylic acids is 1. The molecule has 0 aromatic carbocycles. The molecule has 0 spiro atoms. The Bertz CT molecular complexity index is 313. The maximum atomic E-state index is 11.5. The van der Waals surface area contributed by atoms with Crippen LogP contribution in [0.4, 0.5) is 0 Å². The molecule has 15 heavy (non-hydrogen) atoms. The summed E-state index contributed by atoms with van der Waals surface area (Å²) in [5.41, 5.74) is 0. The van der Waals surface area contributed by atoms with E-state index < -0.39 is 22.2 Å². The summed E-state index contributed by atoms with van der Waals surface area (Å²) in [6, 6.07) is -1.09. The van der Waals surface area contributed by atoms with Gasteiger partial charge in [-0.1, -0.05) is 20.8 Å². The fourth-order valence-electron chi connectivity index (χ4n) is 0.892. The van der Waals surface area contributed by atoms with E-state index in [1.54, 1.807) is 20.8 Å². The van der Waals surface area contributed by atoms with E-state index in [0.29, 0.717) is 6.54 Å². The van der Waals surface area contributed by atoms with Crippen LogP contribution in [0.3, 0.4) is 0 Å². The molecule has 7 heteroatoms. The monoisotopic (exact) mass is 238 g/mol. The number of aliphatic carboxylic acids is 1. The minimum absolute atomic E-state index is 0.291. The van der Waals surface area contributed by atoms with Gasteiger partial charge in [0, 0.05) is 13.6 Å². The first-order valence-electron chi connectivity index (χ1n) is 4.68. The van der Waals surface area contributed by atoms with Crippen LogP contribution in [0.5, 0.6) is 0 Å². The Morgan fingerprint density at radius 3 is 2.20 bits per heavy atom. The first-order chi connectivity index (χ1) is 6.72. The lowest BCUT2D eigenvalue weighted by molar-refractivity contribution is -0.140. The molecule has 0 aliphatic rings. The highest BCUT2D eigenvalue weighted by atomic mass is 32.2. The summed E-state index contributed by atoms with van der Waals surface area (Å²) in [5.74, 6) is -1.47. The molecule has 0 saturated carbocycles. The first kappa shape index (κ1) is 14.3. The van der Waals surface area contributed by atoms with Crippen LogP contribution in [0.15, 0.2) is 0 Å². The van der Waals surface area contributed by atoms with Crippen molar-refractivity contribution < 1.29 is 18.3 Å². The largest absolute Gasteiger partial charge is 0.480 e. The van der Waals surface area contributed by atoms with E-state index >= 15 is 0 Å². The van der Waals surface area contributed by atoms with Gasteiger partial charge in [-0.2, -0.15) is 17.4 Å². The third-order valence-corrected chi connectivity index (χ3v) is 3.69. The van der Waals surface area contributed by atoms with Crippen molar-refractivity contribution in [3.8, 4) is 0 Å². The normalized spacial score (nSPS) is 14.5. The van der Waals surface area contributed by atoms with Crippen molar-refractivity contribution in [2.24, 2.45) is 5.92 Å². The van der Waals surface area contributed by atoms with Crippen molar-refractivity contribution in [1.82, 2.24) is 9.03 Å². The molecule has 0 aliphatic heterocycles. The highest BCUT2D eigenvalue weighted by molar-refractivity contribution is 7.87. The third-order valence-electron chi connectivity index (χ3n) is 2.06. The number of rotatable bonds is 6.